The molecule has 0 aliphatic heterocycles. The molecule has 0 saturated heterocycles. The van der Waals surface area contributed by atoms with E-state index in [1.165, 1.54) is 11.8 Å². The molecule has 1 aromatic carbocycles. The summed E-state index contributed by atoms with van der Waals surface area (Å²) in [6, 6.07) is 7.91. The first kappa shape index (κ1) is 21.4. The maximum Gasteiger partial charge on any atom is 0.317 e. The third kappa shape index (κ3) is 5.53. The number of aryl methyl sites for hydroxylation is 2. The van der Waals surface area contributed by atoms with Crippen LogP contribution in [0.5, 0.6) is 0 Å². The Labute approximate surface area is 167 Å². The van der Waals surface area contributed by atoms with Crippen molar-refractivity contribution in [1.82, 2.24) is 25.1 Å². The number of likely N-dealkylation sites (N-methyl/N-ethyl adjacent to an activating group) is 1. The van der Waals surface area contributed by atoms with Crippen LogP contribution >= 0.6 is 11.8 Å². The number of amides is 1. The molecule has 0 radical (unpaired) electrons. The van der Waals surface area contributed by atoms with Crippen LogP contribution in [0.4, 0.5) is 0 Å². The van der Waals surface area contributed by atoms with E-state index >= 15 is 0 Å². The van der Waals surface area contributed by atoms with Crippen LogP contribution < -0.4 is 0 Å². The monoisotopic (exact) mass is 402 g/mol. The van der Waals surface area contributed by atoms with Crippen molar-refractivity contribution in [2.24, 2.45) is 0 Å². The molecule has 0 bridgehead atoms. The minimum Gasteiger partial charge on any atom is -0.452 e. The Bertz CT molecular complexity index is 892. The van der Waals surface area contributed by atoms with Gasteiger partial charge in [0.05, 0.1) is 23.9 Å². The van der Waals surface area contributed by atoms with E-state index in [-0.39, 0.29) is 24.6 Å². The lowest BCUT2D eigenvalue weighted by molar-refractivity contribution is -0.156. The molecule has 0 N–H and O–H groups in total. The summed E-state index contributed by atoms with van der Waals surface area (Å²) in [5.74, 6) is -0.936. The van der Waals surface area contributed by atoms with Gasteiger partial charge in [-0.2, -0.15) is 9.94 Å². The molecule has 10 heteroatoms. The largest absolute Gasteiger partial charge is 0.452 e. The first-order valence-corrected chi connectivity index (χ1v) is 9.62. The number of aromatic nitrogens is 4. The number of nitrogens with zero attached hydrogens (tertiary/aromatic N) is 6. The van der Waals surface area contributed by atoms with Crippen LogP contribution in [-0.2, 0) is 14.3 Å². The Morgan fingerprint density at radius 3 is 2.86 bits per heavy atom. The second kappa shape index (κ2) is 9.85. The van der Waals surface area contributed by atoms with Crippen molar-refractivity contribution in [1.29, 1.82) is 5.26 Å². The van der Waals surface area contributed by atoms with E-state index in [0.717, 1.165) is 28.6 Å². The summed E-state index contributed by atoms with van der Waals surface area (Å²) in [5, 5.41) is 20.7. The van der Waals surface area contributed by atoms with Gasteiger partial charge in [-0.05, 0) is 48.4 Å². The highest BCUT2D eigenvalue weighted by Gasteiger charge is 2.22. The van der Waals surface area contributed by atoms with Crippen molar-refractivity contribution in [3.05, 3.63) is 29.3 Å². The maximum atomic E-state index is 12.1. The fourth-order valence-electron chi connectivity index (χ4n) is 2.41. The number of benzene rings is 1. The van der Waals surface area contributed by atoms with E-state index in [1.54, 1.807) is 11.7 Å². The SMILES string of the molecule is Cc1ccc(C)c(-n2nnnc2SCC(=O)O[C@H](C)C(=O)N(C)CCC#N)c1. The van der Waals surface area contributed by atoms with Gasteiger partial charge in [0, 0.05) is 13.6 Å². The summed E-state index contributed by atoms with van der Waals surface area (Å²) < 4.78 is 6.76. The standard InChI is InChI=1S/C18H22N6O3S/c1-12-6-7-13(2)15(10-12)24-18(20-21-22-24)28-11-16(25)27-14(3)17(26)23(4)9-5-8-19/h6-7,10,14H,5,9,11H2,1-4H3/t14-/m1/s1. The number of tetrazole rings is 1. The molecule has 1 heterocycles. The normalized spacial score (nSPS) is 11.5. The fraction of sp³-hybridized carbons (Fsp3) is 0.444. The van der Waals surface area contributed by atoms with Gasteiger partial charge in [-0.15, -0.1) is 5.10 Å². The second-order valence-corrected chi connectivity index (χ2v) is 7.19. The van der Waals surface area contributed by atoms with E-state index in [2.05, 4.69) is 15.5 Å². The van der Waals surface area contributed by atoms with E-state index < -0.39 is 12.1 Å². The molecule has 1 atom stereocenters. The van der Waals surface area contributed by atoms with Gasteiger partial charge in [-0.1, -0.05) is 23.9 Å². The minimum absolute atomic E-state index is 0.0369. The molecular formula is C18H22N6O3S. The number of esters is 1. The van der Waals surface area contributed by atoms with Crippen molar-refractivity contribution in [3.63, 3.8) is 0 Å². The van der Waals surface area contributed by atoms with Crippen LogP contribution in [-0.4, -0.2) is 62.4 Å². The predicted molar refractivity (Wildman–Crippen MR) is 103 cm³/mol. The highest BCUT2D eigenvalue weighted by Crippen LogP contribution is 2.21. The molecule has 2 rings (SSSR count). The molecule has 28 heavy (non-hydrogen) atoms. The van der Waals surface area contributed by atoms with Gasteiger partial charge in [0.1, 0.15) is 0 Å². The number of ether oxygens (including phenoxy) is 1. The summed E-state index contributed by atoms with van der Waals surface area (Å²) in [6.45, 7) is 5.73. The molecule has 2 aromatic rings. The summed E-state index contributed by atoms with van der Waals surface area (Å²) in [4.78, 5) is 25.6. The van der Waals surface area contributed by atoms with Crippen LogP contribution in [0, 0.1) is 25.2 Å². The Morgan fingerprint density at radius 2 is 2.14 bits per heavy atom. The molecule has 1 amide bonds. The van der Waals surface area contributed by atoms with Crippen LogP contribution in [0.3, 0.4) is 0 Å². The average Bonchev–Trinajstić information content (AvgIpc) is 3.14. The third-order valence-electron chi connectivity index (χ3n) is 3.94. The summed E-state index contributed by atoms with van der Waals surface area (Å²) in [6.07, 6.45) is -0.702. The number of hydrogen-bond acceptors (Lipinski definition) is 8. The van der Waals surface area contributed by atoms with Gasteiger partial charge < -0.3 is 9.64 Å². The highest BCUT2D eigenvalue weighted by molar-refractivity contribution is 7.99. The predicted octanol–water partition coefficient (Wildman–Crippen LogP) is 1.68. The topological polar surface area (TPSA) is 114 Å². The van der Waals surface area contributed by atoms with Crippen molar-refractivity contribution < 1.29 is 14.3 Å². The zero-order valence-corrected chi connectivity index (χ0v) is 17.1. The van der Waals surface area contributed by atoms with Crippen LogP contribution in [0.2, 0.25) is 0 Å². The number of carbonyl (C=O) groups is 2. The van der Waals surface area contributed by atoms with Crippen molar-refractivity contribution in [3.8, 4) is 11.8 Å². The van der Waals surface area contributed by atoms with Gasteiger partial charge >= 0.3 is 5.97 Å². The number of nitriles is 1. The quantitative estimate of drug-likeness (QED) is 0.484. The Morgan fingerprint density at radius 1 is 1.39 bits per heavy atom. The lowest BCUT2D eigenvalue weighted by Crippen LogP contribution is -2.38. The molecule has 9 nitrogen and oxygen atoms in total. The molecule has 0 aliphatic rings. The van der Waals surface area contributed by atoms with E-state index in [0.29, 0.717) is 5.16 Å². The summed E-state index contributed by atoms with van der Waals surface area (Å²) in [7, 11) is 1.57. The molecule has 0 unspecified atom stereocenters. The van der Waals surface area contributed by atoms with Crippen LogP contribution in [0.1, 0.15) is 24.5 Å². The lowest BCUT2D eigenvalue weighted by Gasteiger charge is -2.20. The molecule has 0 saturated carbocycles. The van der Waals surface area contributed by atoms with Gasteiger partial charge in [-0.3, -0.25) is 9.59 Å². The van der Waals surface area contributed by atoms with Crippen molar-refractivity contribution in [2.45, 2.75) is 38.5 Å². The fourth-order valence-corrected chi connectivity index (χ4v) is 3.08. The van der Waals surface area contributed by atoms with E-state index in [9.17, 15) is 9.59 Å². The maximum absolute atomic E-state index is 12.1. The van der Waals surface area contributed by atoms with Crippen LogP contribution in [0.25, 0.3) is 5.69 Å². The highest BCUT2D eigenvalue weighted by atomic mass is 32.2. The number of thioether (sulfide) groups is 1. The molecule has 148 valence electrons. The average molecular weight is 402 g/mol. The number of rotatable bonds is 8. The van der Waals surface area contributed by atoms with Gasteiger partial charge in [0.2, 0.25) is 5.16 Å². The van der Waals surface area contributed by atoms with Crippen LogP contribution in [0.15, 0.2) is 23.4 Å². The number of hydrogen-bond donors (Lipinski definition) is 0. The van der Waals surface area contributed by atoms with Gasteiger partial charge in [-0.25, -0.2) is 0 Å². The molecule has 0 aliphatic carbocycles. The number of carbonyl (C=O) groups excluding carboxylic acids is 2. The zero-order valence-electron chi connectivity index (χ0n) is 16.2. The summed E-state index contributed by atoms with van der Waals surface area (Å²) in [5.41, 5.74) is 2.91. The smallest absolute Gasteiger partial charge is 0.317 e. The van der Waals surface area contributed by atoms with Crippen molar-refractivity contribution >= 4 is 23.6 Å². The zero-order chi connectivity index (χ0) is 20.7. The molecule has 0 fully saturated rings. The van der Waals surface area contributed by atoms with Gasteiger partial charge in [0.15, 0.2) is 6.10 Å². The second-order valence-electron chi connectivity index (χ2n) is 6.25. The first-order chi connectivity index (χ1) is 13.3. The third-order valence-corrected chi connectivity index (χ3v) is 4.84. The molecular weight excluding hydrogens is 380 g/mol. The van der Waals surface area contributed by atoms with E-state index in [1.807, 2.05) is 38.1 Å². The molecule has 0 spiro atoms. The summed E-state index contributed by atoms with van der Waals surface area (Å²) >= 11 is 1.13. The Hall–Kier alpha value is -2.93. The Kier molecular flexibility index (Phi) is 7.52. The van der Waals surface area contributed by atoms with E-state index in [4.69, 9.17) is 10.00 Å². The Balaban J connectivity index is 1.95. The van der Waals surface area contributed by atoms with Crippen molar-refractivity contribution in [2.75, 3.05) is 19.3 Å². The lowest BCUT2D eigenvalue weighted by atomic mass is 10.1. The minimum atomic E-state index is -0.924. The molecule has 1 aromatic heterocycles. The van der Waals surface area contributed by atoms with Gasteiger partial charge in [0.25, 0.3) is 5.91 Å². The first-order valence-electron chi connectivity index (χ1n) is 8.63.